The van der Waals surface area contributed by atoms with E-state index >= 15 is 0 Å². The molecule has 0 radical (unpaired) electrons. The standard InChI is InChI=1S/C24H26N6O2/c1-3-18-15(2)13-19(32-18)30-21(17-9-11-26-12-10-17)27-20-22(30)28-24(25)29-23(20)31-14-16-7-5-4-6-8-16/h4-12,15,18-19H,3,13-14H2,1-2H3,(H2,25,28,29). The van der Waals surface area contributed by atoms with Crippen LogP contribution in [-0.2, 0) is 11.3 Å². The van der Waals surface area contributed by atoms with Crippen LogP contribution in [0.5, 0.6) is 5.88 Å². The predicted molar refractivity (Wildman–Crippen MR) is 122 cm³/mol. The van der Waals surface area contributed by atoms with Crippen LogP contribution < -0.4 is 10.5 Å². The fourth-order valence-electron chi connectivity index (χ4n) is 4.30. The van der Waals surface area contributed by atoms with Gasteiger partial charge in [-0.15, -0.1) is 0 Å². The number of nitrogens with two attached hydrogens (primary N) is 1. The SMILES string of the molecule is CCC1OC(n2c(-c3ccncc3)nc3c(OCc4ccccc4)nc(N)nc32)CC1C. The molecule has 0 bridgehead atoms. The summed E-state index contributed by atoms with van der Waals surface area (Å²) in [5.41, 5.74) is 9.23. The number of nitrogen functional groups attached to an aromatic ring is 1. The predicted octanol–water partition coefficient (Wildman–Crippen LogP) is 4.38. The monoisotopic (exact) mass is 430 g/mol. The van der Waals surface area contributed by atoms with E-state index in [4.69, 9.17) is 20.2 Å². The van der Waals surface area contributed by atoms with Crippen LogP contribution >= 0.6 is 0 Å². The van der Waals surface area contributed by atoms with Crippen molar-refractivity contribution >= 4 is 17.1 Å². The zero-order valence-electron chi connectivity index (χ0n) is 18.2. The molecule has 2 N–H and O–H groups in total. The summed E-state index contributed by atoms with van der Waals surface area (Å²) in [6.45, 7) is 4.73. The van der Waals surface area contributed by atoms with Gasteiger partial charge in [0.1, 0.15) is 18.7 Å². The molecule has 8 nitrogen and oxygen atoms in total. The number of hydrogen-bond donors (Lipinski definition) is 1. The first kappa shape index (κ1) is 20.4. The molecular weight excluding hydrogens is 404 g/mol. The van der Waals surface area contributed by atoms with E-state index in [1.54, 1.807) is 12.4 Å². The molecule has 164 valence electrons. The number of anilines is 1. The fourth-order valence-corrected chi connectivity index (χ4v) is 4.30. The van der Waals surface area contributed by atoms with E-state index in [9.17, 15) is 0 Å². The normalized spacial score (nSPS) is 20.6. The number of hydrogen-bond acceptors (Lipinski definition) is 7. The first-order chi connectivity index (χ1) is 15.6. The van der Waals surface area contributed by atoms with Crippen molar-refractivity contribution in [1.29, 1.82) is 0 Å². The number of imidazole rings is 1. The van der Waals surface area contributed by atoms with Crippen LogP contribution in [0.4, 0.5) is 5.95 Å². The van der Waals surface area contributed by atoms with Crippen LogP contribution in [0.15, 0.2) is 54.9 Å². The Morgan fingerprint density at radius 2 is 1.88 bits per heavy atom. The summed E-state index contributed by atoms with van der Waals surface area (Å²) in [5.74, 6) is 1.67. The Balaban J connectivity index is 1.62. The van der Waals surface area contributed by atoms with Gasteiger partial charge in [0, 0.05) is 18.0 Å². The average Bonchev–Trinajstić information content (AvgIpc) is 3.38. The molecule has 0 amide bonds. The quantitative estimate of drug-likeness (QED) is 0.484. The van der Waals surface area contributed by atoms with Gasteiger partial charge in [0.2, 0.25) is 11.8 Å². The van der Waals surface area contributed by atoms with Crippen molar-refractivity contribution in [2.24, 2.45) is 5.92 Å². The number of rotatable bonds is 6. The molecule has 3 aromatic heterocycles. The van der Waals surface area contributed by atoms with E-state index in [2.05, 4.69) is 28.8 Å². The average molecular weight is 431 g/mol. The molecule has 0 saturated carbocycles. The van der Waals surface area contributed by atoms with Gasteiger partial charge in [-0.2, -0.15) is 9.97 Å². The maximum Gasteiger partial charge on any atom is 0.247 e. The Labute approximate surface area is 186 Å². The Kier molecular flexibility index (Phi) is 5.45. The van der Waals surface area contributed by atoms with Crippen molar-refractivity contribution < 1.29 is 9.47 Å². The maximum atomic E-state index is 6.41. The van der Waals surface area contributed by atoms with Crippen molar-refractivity contribution in [2.75, 3.05) is 5.73 Å². The topological polar surface area (TPSA) is 101 Å². The third-order valence-corrected chi connectivity index (χ3v) is 5.91. The van der Waals surface area contributed by atoms with E-state index < -0.39 is 0 Å². The van der Waals surface area contributed by atoms with Gasteiger partial charge in [-0.3, -0.25) is 9.55 Å². The number of ether oxygens (including phenoxy) is 2. The van der Waals surface area contributed by atoms with E-state index in [1.807, 2.05) is 47.0 Å². The molecule has 3 unspecified atom stereocenters. The first-order valence-electron chi connectivity index (χ1n) is 10.9. The Hall–Kier alpha value is -3.52. The van der Waals surface area contributed by atoms with Crippen LogP contribution in [-0.4, -0.2) is 30.6 Å². The molecule has 1 aliphatic rings. The molecule has 1 saturated heterocycles. The summed E-state index contributed by atoms with van der Waals surface area (Å²) in [6, 6.07) is 13.8. The number of fused-ring (bicyclic) bond motifs is 1. The molecule has 4 aromatic rings. The molecule has 0 aliphatic carbocycles. The van der Waals surface area contributed by atoms with Gasteiger partial charge >= 0.3 is 0 Å². The molecule has 1 aliphatic heterocycles. The van der Waals surface area contributed by atoms with Crippen LogP contribution in [0.25, 0.3) is 22.6 Å². The smallest absolute Gasteiger partial charge is 0.247 e. The molecular formula is C24H26N6O2. The van der Waals surface area contributed by atoms with Gasteiger partial charge in [-0.25, -0.2) is 4.98 Å². The highest BCUT2D eigenvalue weighted by Gasteiger charge is 2.35. The second kappa shape index (κ2) is 8.55. The molecule has 8 heteroatoms. The highest BCUT2D eigenvalue weighted by atomic mass is 16.5. The Morgan fingerprint density at radius 1 is 1.09 bits per heavy atom. The van der Waals surface area contributed by atoms with Gasteiger partial charge in [-0.1, -0.05) is 44.2 Å². The van der Waals surface area contributed by atoms with E-state index in [1.165, 1.54) is 0 Å². The zero-order valence-corrected chi connectivity index (χ0v) is 18.2. The van der Waals surface area contributed by atoms with Crippen molar-refractivity contribution in [1.82, 2.24) is 24.5 Å². The lowest BCUT2D eigenvalue weighted by atomic mass is 10.0. The molecule has 1 fully saturated rings. The summed E-state index contributed by atoms with van der Waals surface area (Å²) >= 11 is 0. The van der Waals surface area contributed by atoms with Gasteiger partial charge in [-0.05, 0) is 36.5 Å². The zero-order chi connectivity index (χ0) is 22.1. The Morgan fingerprint density at radius 3 is 2.59 bits per heavy atom. The number of pyridine rings is 1. The minimum atomic E-state index is -0.195. The van der Waals surface area contributed by atoms with Crippen molar-refractivity contribution in [3.05, 3.63) is 60.4 Å². The van der Waals surface area contributed by atoms with E-state index in [0.29, 0.717) is 29.6 Å². The van der Waals surface area contributed by atoms with Crippen LogP contribution in [0.3, 0.4) is 0 Å². The molecule has 3 atom stereocenters. The third-order valence-electron chi connectivity index (χ3n) is 5.91. The third kappa shape index (κ3) is 3.78. The van der Waals surface area contributed by atoms with Crippen LogP contribution in [0.2, 0.25) is 0 Å². The van der Waals surface area contributed by atoms with Gasteiger partial charge in [0.05, 0.1) is 6.10 Å². The highest BCUT2D eigenvalue weighted by Crippen LogP contribution is 2.40. The lowest BCUT2D eigenvalue weighted by Crippen LogP contribution is -2.14. The molecule has 0 spiro atoms. The molecule has 1 aromatic carbocycles. The first-order valence-corrected chi connectivity index (χ1v) is 10.9. The molecule has 32 heavy (non-hydrogen) atoms. The summed E-state index contributed by atoms with van der Waals surface area (Å²) < 4.78 is 14.5. The van der Waals surface area contributed by atoms with E-state index in [0.717, 1.165) is 29.8 Å². The van der Waals surface area contributed by atoms with Crippen LogP contribution in [0.1, 0.15) is 38.5 Å². The minimum absolute atomic E-state index is 0.140. The summed E-state index contributed by atoms with van der Waals surface area (Å²) in [4.78, 5) is 18.0. The van der Waals surface area contributed by atoms with E-state index in [-0.39, 0.29) is 18.3 Å². The van der Waals surface area contributed by atoms with Crippen molar-refractivity contribution in [3.63, 3.8) is 0 Å². The summed E-state index contributed by atoms with van der Waals surface area (Å²) in [5, 5.41) is 0. The number of aromatic nitrogens is 5. The number of nitrogens with zero attached hydrogens (tertiary/aromatic N) is 5. The Bertz CT molecular complexity index is 1210. The minimum Gasteiger partial charge on any atom is -0.471 e. The summed E-state index contributed by atoms with van der Waals surface area (Å²) in [7, 11) is 0. The second-order valence-corrected chi connectivity index (χ2v) is 8.13. The number of benzene rings is 1. The lowest BCUT2D eigenvalue weighted by Gasteiger charge is -2.17. The van der Waals surface area contributed by atoms with Gasteiger partial charge in [0.25, 0.3) is 0 Å². The fraction of sp³-hybridized carbons (Fsp3) is 0.333. The molecule has 4 heterocycles. The van der Waals surface area contributed by atoms with Gasteiger partial charge < -0.3 is 15.2 Å². The molecule has 5 rings (SSSR count). The highest BCUT2D eigenvalue weighted by molar-refractivity contribution is 5.82. The largest absolute Gasteiger partial charge is 0.471 e. The van der Waals surface area contributed by atoms with Crippen molar-refractivity contribution in [3.8, 4) is 17.3 Å². The van der Waals surface area contributed by atoms with Gasteiger partial charge in [0.15, 0.2) is 11.2 Å². The lowest BCUT2D eigenvalue weighted by molar-refractivity contribution is -0.00213. The van der Waals surface area contributed by atoms with Crippen molar-refractivity contribution in [2.45, 2.75) is 45.6 Å². The summed E-state index contributed by atoms with van der Waals surface area (Å²) in [6.07, 6.45) is 5.32. The second-order valence-electron chi connectivity index (χ2n) is 8.13. The van der Waals surface area contributed by atoms with Crippen LogP contribution in [0, 0.1) is 5.92 Å². The maximum absolute atomic E-state index is 6.41.